The first kappa shape index (κ1) is 28.6. The smallest absolute Gasteiger partial charge is 0.157 e. The Morgan fingerprint density at radius 3 is 1.78 bits per heavy atom. The van der Waals surface area contributed by atoms with Crippen LogP contribution in [0.2, 0.25) is 0 Å². The van der Waals surface area contributed by atoms with Crippen LogP contribution in [0.15, 0.2) is 15.4 Å². The molecule has 1 heterocycles. The average Bonchev–Trinajstić information content (AvgIpc) is 3.23. The Labute approximate surface area is 194 Å². The van der Waals surface area contributed by atoms with E-state index in [0.29, 0.717) is 19.4 Å². The lowest BCUT2D eigenvalue weighted by Gasteiger charge is -2.05. The minimum absolute atomic E-state index is 0.0159. The monoisotopic (exact) mass is 469 g/mol. The maximum Gasteiger partial charge on any atom is 0.157 e. The van der Waals surface area contributed by atoms with Gasteiger partial charge in [0.25, 0.3) is 0 Å². The molecule has 0 aliphatic carbocycles. The van der Waals surface area contributed by atoms with Crippen LogP contribution in [0.5, 0.6) is 0 Å². The summed E-state index contributed by atoms with van der Waals surface area (Å²) in [5, 5.41) is 11.5. The van der Waals surface area contributed by atoms with E-state index in [4.69, 9.17) is 0 Å². The first-order valence-corrected chi connectivity index (χ1v) is 14.3. The van der Waals surface area contributed by atoms with Crippen LogP contribution in [0.25, 0.3) is 0 Å². The number of nitrogens with zero attached hydrogens (tertiary/aromatic N) is 3. The minimum Gasteiger partial charge on any atom is -0.300 e. The molecule has 7 nitrogen and oxygen atoms in total. The summed E-state index contributed by atoms with van der Waals surface area (Å²) in [6.45, 7) is 2.15. The van der Waals surface area contributed by atoms with Gasteiger partial charge in [-0.3, -0.25) is 4.79 Å². The molecular formula is C24H43N3O4S. The van der Waals surface area contributed by atoms with Crippen LogP contribution in [0, 0.1) is 0 Å². The Morgan fingerprint density at radius 1 is 0.750 bits per heavy atom. The van der Waals surface area contributed by atoms with Gasteiger partial charge < -0.3 is 4.79 Å². The van der Waals surface area contributed by atoms with E-state index in [0.717, 1.165) is 31.4 Å². The fraction of sp³-hybridized carbons (Fsp3) is 0.875. The number of unbranched alkanes of at least 4 members (excludes halogenated alkanes) is 12. The van der Waals surface area contributed by atoms with Crippen LogP contribution in [0.4, 0.5) is 0 Å². The third-order valence-electron chi connectivity index (χ3n) is 5.79. The maximum atomic E-state index is 11.9. The predicted octanol–water partition coefficient (Wildman–Crippen LogP) is 6.01. The molecule has 32 heavy (non-hydrogen) atoms. The van der Waals surface area contributed by atoms with Crippen molar-refractivity contribution in [3.05, 3.63) is 0 Å². The second-order valence-corrected chi connectivity index (χ2v) is 11.3. The van der Waals surface area contributed by atoms with Crippen LogP contribution >= 0.6 is 0 Å². The van der Waals surface area contributed by atoms with Crippen molar-refractivity contribution in [1.82, 2.24) is 0 Å². The van der Waals surface area contributed by atoms with Crippen molar-refractivity contribution in [3.8, 4) is 0 Å². The summed E-state index contributed by atoms with van der Waals surface area (Å²) in [5.41, 5.74) is 1.13. The van der Waals surface area contributed by atoms with Crippen LogP contribution in [-0.2, 0) is 19.4 Å². The van der Waals surface area contributed by atoms with E-state index in [2.05, 4.69) is 15.4 Å². The molecule has 0 atom stereocenters. The molecule has 1 aliphatic rings. The molecule has 0 spiro atoms. The molecule has 0 unspecified atom stereocenters. The van der Waals surface area contributed by atoms with Crippen LogP contribution in [-0.4, -0.2) is 43.7 Å². The zero-order valence-corrected chi connectivity index (χ0v) is 20.8. The lowest BCUT2D eigenvalue weighted by atomic mass is 10.0. The number of ketones is 2. The molecule has 0 aromatic heterocycles. The van der Waals surface area contributed by atoms with Crippen molar-refractivity contribution in [1.29, 1.82) is 0 Å². The predicted molar refractivity (Wildman–Crippen MR) is 130 cm³/mol. The molecule has 0 aromatic carbocycles. The van der Waals surface area contributed by atoms with Gasteiger partial charge in [-0.25, -0.2) is 8.42 Å². The Bertz CT molecular complexity index is 702. The van der Waals surface area contributed by atoms with E-state index in [1.54, 1.807) is 0 Å². The lowest BCUT2D eigenvalue weighted by molar-refractivity contribution is -0.117. The van der Waals surface area contributed by atoms with Gasteiger partial charge in [-0.2, -0.15) is 5.11 Å². The fourth-order valence-corrected chi connectivity index (χ4v) is 5.26. The summed E-state index contributed by atoms with van der Waals surface area (Å²) < 4.78 is 23.8. The van der Waals surface area contributed by atoms with Crippen molar-refractivity contribution in [2.45, 2.75) is 116 Å². The highest BCUT2D eigenvalue weighted by atomic mass is 32.2. The Hall–Kier alpha value is -1.44. The molecule has 1 rings (SSSR count). The zero-order chi connectivity index (χ0) is 23.5. The summed E-state index contributed by atoms with van der Waals surface area (Å²) in [7, 11) is -3.36. The van der Waals surface area contributed by atoms with Gasteiger partial charge in [-0.1, -0.05) is 70.6 Å². The molecule has 0 saturated heterocycles. The van der Waals surface area contributed by atoms with Gasteiger partial charge in [-0.15, -0.1) is 5.10 Å². The van der Waals surface area contributed by atoms with Gasteiger partial charge in [-0.05, 0) is 37.8 Å². The van der Waals surface area contributed by atoms with Gasteiger partial charge in [0.1, 0.15) is 23.9 Å². The Morgan fingerprint density at radius 2 is 1.28 bits per heavy atom. The highest BCUT2D eigenvalue weighted by Gasteiger charge is 2.16. The first-order valence-electron chi connectivity index (χ1n) is 12.5. The molecular weight excluding hydrogens is 426 g/mol. The number of carbonyl (C=O) groups excluding carboxylic acids is 2. The number of hydrogen-bond acceptors (Lipinski definition) is 7. The van der Waals surface area contributed by atoms with Gasteiger partial charge in [0.15, 0.2) is 9.84 Å². The normalized spacial score (nSPS) is 13.5. The number of carbonyl (C=O) groups is 2. The van der Waals surface area contributed by atoms with Crippen molar-refractivity contribution in [2.75, 3.05) is 18.1 Å². The van der Waals surface area contributed by atoms with Crippen molar-refractivity contribution in [3.63, 3.8) is 0 Å². The summed E-state index contributed by atoms with van der Waals surface area (Å²) >= 11 is 0. The summed E-state index contributed by atoms with van der Waals surface area (Å²) in [6, 6.07) is 0. The lowest BCUT2D eigenvalue weighted by Crippen LogP contribution is -2.19. The van der Waals surface area contributed by atoms with E-state index < -0.39 is 9.84 Å². The molecule has 0 N–H and O–H groups in total. The zero-order valence-electron chi connectivity index (χ0n) is 20.0. The molecule has 0 bridgehead atoms. The van der Waals surface area contributed by atoms with Crippen LogP contribution < -0.4 is 0 Å². The summed E-state index contributed by atoms with van der Waals surface area (Å²) in [4.78, 5) is 22.8. The van der Waals surface area contributed by atoms with Crippen molar-refractivity contribution >= 4 is 27.1 Å². The summed E-state index contributed by atoms with van der Waals surface area (Å²) in [6.07, 6.45) is 17.6. The van der Waals surface area contributed by atoms with Gasteiger partial charge in [0.05, 0.1) is 11.5 Å². The van der Waals surface area contributed by atoms with Gasteiger partial charge >= 0.3 is 0 Å². The minimum atomic E-state index is -3.36. The molecule has 0 aromatic rings. The quantitative estimate of drug-likeness (QED) is 0.181. The topological polar surface area (TPSA) is 105 Å². The van der Waals surface area contributed by atoms with E-state index in [9.17, 15) is 18.0 Å². The van der Waals surface area contributed by atoms with Gasteiger partial charge in [0, 0.05) is 12.8 Å². The second-order valence-electron chi connectivity index (χ2n) is 9.09. The Kier molecular flexibility index (Phi) is 16.1. The third-order valence-corrected chi connectivity index (χ3v) is 7.46. The summed E-state index contributed by atoms with van der Waals surface area (Å²) in [5.74, 6) is -0.640. The molecule has 8 heteroatoms. The number of hydrogen-bond donors (Lipinski definition) is 0. The third kappa shape index (κ3) is 17.2. The largest absolute Gasteiger partial charge is 0.300 e. The van der Waals surface area contributed by atoms with Crippen LogP contribution in [0.3, 0.4) is 0 Å². The highest BCUT2D eigenvalue weighted by molar-refractivity contribution is 7.92. The second kappa shape index (κ2) is 18.0. The standard InChI is InChI=1S/C24H43N3O4S/c1-22(28)16-15-19-32(30,31)21-24(29)18-14-12-10-8-6-4-2-3-5-7-9-11-13-17-23-20-25-27-26-23/h2-21H2,1H3. The van der Waals surface area contributed by atoms with E-state index >= 15 is 0 Å². The molecule has 0 amide bonds. The molecule has 0 fully saturated rings. The molecule has 0 saturated carbocycles. The molecule has 1 aliphatic heterocycles. The molecule has 0 radical (unpaired) electrons. The maximum absolute atomic E-state index is 11.9. The van der Waals surface area contributed by atoms with Gasteiger partial charge in [0.2, 0.25) is 0 Å². The SMILES string of the molecule is CC(=O)CCCS(=O)(=O)CC(=O)CCCCCCCCCCCCCCCC1=NN=NC1. The van der Waals surface area contributed by atoms with E-state index in [1.807, 2.05) is 0 Å². The van der Waals surface area contributed by atoms with Crippen molar-refractivity contribution < 1.29 is 18.0 Å². The number of Topliss-reactive ketones (excluding diaryl/α,β-unsaturated/α-hetero) is 2. The van der Waals surface area contributed by atoms with Crippen LogP contribution in [0.1, 0.15) is 116 Å². The first-order chi connectivity index (χ1) is 15.4. The number of rotatable bonds is 22. The number of sulfone groups is 1. The average molecular weight is 470 g/mol. The fourth-order valence-electron chi connectivity index (χ4n) is 3.90. The highest BCUT2D eigenvalue weighted by Crippen LogP contribution is 2.14. The van der Waals surface area contributed by atoms with E-state index in [1.165, 1.54) is 71.1 Å². The Balaban J connectivity index is 1.81. The molecule has 184 valence electrons. The van der Waals surface area contributed by atoms with E-state index in [-0.39, 0.29) is 29.5 Å². The van der Waals surface area contributed by atoms with Crippen molar-refractivity contribution in [2.24, 2.45) is 15.4 Å².